The fourth-order valence-corrected chi connectivity index (χ4v) is 1.96. The topological polar surface area (TPSA) is 12.0 Å². The van der Waals surface area contributed by atoms with Gasteiger partial charge in [-0.3, -0.25) is 0 Å². The summed E-state index contributed by atoms with van der Waals surface area (Å²) >= 11 is 0. The van der Waals surface area contributed by atoms with Gasteiger partial charge in [0, 0.05) is 6.04 Å². The van der Waals surface area contributed by atoms with Crippen LogP contribution in [0.5, 0.6) is 0 Å². The molecule has 1 aromatic carbocycles. The Hall–Kier alpha value is -0.890. The third kappa shape index (κ3) is 3.31. The molecule has 0 heterocycles. The number of rotatable bonds is 5. The summed E-state index contributed by atoms with van der Waals surface area (Å²) in [7, 11) is 0. The Balaban J connectivity index is 1.84. The number of hydrogen-bond donors (Lipinski definition) is 1. The van der Waals surface area contributed by atoms with Crippen LogP contribution in [0.1, 0.15) is 30.9 Å². The molecule has 1 atom stereocenters. The number of halogens is 1. The molecule has 1 fully saturated rings. The molecule has 0 radical (unpaired) electrons. The van der Waals surface area contributed by atoms with E-state index < -0.39 is 0 Å². The normalized spacial score (nSPS) is 17.4. The fourth-order valence-electron chi connectivity index (χ4n) is 1.96. The molecule has 2 heteroatoms. The minimum atomic E-state index is -0.104. The lowest BCUT2D eigenvalue weighted by atomic mass is 9.99. The number of nitrogens with one attached hydrogen (secondary N) is 1. The van der Waals surface area contributed by atoms with Crippen LogP contribution in [0.4, 0.5) is 4.39 Å². The molecule has 1 aromatic rings. The van der Waals surface area contributed by atoms with Crippen LogP contribution in [-0.4, -0.2) is 12.6 Å². The van der Waals surface area contributed by atoms with Gasteiger partial charge in [-0.2, -0.15) is 0 Å². The SMILES string of the molecule is Cc1cc(CC(C)CNC2CC2)ccc1F. The number of hydrogen-bond acceptors (Lipinski definition) is 1. The average Bonchev–Trinajstić information content (AvgIpc) is 3.04. The van der Waals surface area contributed by atoms with E-state index in [9.17, 15) is 4.39 Å². The highest BCUT2D eigenvalue weighted by molar-refractivity contribution is 5.24. The summed E-state index contributed by atoms with van der Waals surface area (Å²) < 4.78 is 13.1. The van der Waals surface area contributed by atoms with Crippen LogP contribution >= 0.6 is 0 Å². The summed E-state index contributed by atoms with van der Waals surface area (Å²) in [6.07, 6.45) is 3.70. The van der Waals surface area contributed by atoms with Crippen molar-refractivity contribution in [3.8, 4) is 0 Å². The predicted octanol–water partition coefficient (Wildman–Crippen LogP) is 3.06. The summed E-state index contributed by atoms with van der Waals surface area (Å²) in [5, 5.41) is 3.53. The first-order valence-electron chi connectivity index (χ1n) is 6.13. The fraction of sp³-hybridized carbons (Fsp3) is 0.571. The van der Waals surface area contributed by atoms with Gasteiger partial charge in [-0.25, -0.2) is 4.39 Å². The molecule has 1 saturated carbocycles. The molecule has 88 valence electrons. The van der Waals surface area contributed by atoms with E-state index in [2.05, 4.69) is 12.2 Å². The van der Waals surface area contributed by atoms with Crippen molar-refractivity contribution in [1.82, 2.24) is 5.32 Å². The van der Waals surface area contributed by atoms with Crippen molar-refractivity contribution in [2.45, 2.75) is 39.2 Å². The van der Waals surface area contributed by atoms with Crippen LogP contribution in [0.2, 0.25) is 0 Å². The van der Waals surface area contributed by atoms with Crippen molar-refractivity contribution in [1.29, 1.82) is 0 Å². The van der Waals surface area contributed by atoms with Gasteiger partial charge in [-0.1, -0.05) is 19.1 Å². The lowest BCUT2D eigenvalue weighted by Gasteiger charge is -2.12. The van der Waals surface area contributed by atoms with Crippen LogP contribution in [-0.2, 0) is 6.42 Å². The van der Waals surface area contributed by atoms with Crippen LogP contribution in [0, 0.1) is 18.7 Å². The summed E-state index contributed by atoms with van der Waals surface area (Å²) in [4.78, 5) is 0. The van der Waals surface area contributed by atoms with Crippen molar-refractivity contribution >= 4 is 0 Å². The largest absolute Gasteiger partial charge is 0.314 e. The molecule has 0 bridgehead atoms. The van der Waals surface area contributed by atoms with E-state index in [1.165, 1.54) is 18.4 Å². The molecule has 16 heavy (non-hydrogen) atoms. The molecule has 0 saturated heterocycles. The second kappa shape index (κ2) is 4.96. The van der Waals surface area contributed by atoms with Crippen LogP contribution in [0.25, 0.3) is 0 Å². The first-order valence-corrected chi connectivity index (χ1v) is 6.13. The van der Waals surface area contributed by atoms with Gasteiger partial charge >= 0.3 is 0 Å². The molecule has 2 rings (SSSR count). The number of aryl methyl sites for hydroxylation is 1. The summed E-state index contributed by atoms with van der Waals surface area (Å²) in [6.45, 7) is 5.14. The second-order valence-corrected chi connectivity index (χ2v) is 5.08. The van der Waals surface area contributed by atoms with Gasteiger partial charge in [0.15, 0.2) is 0 Å². The zero-order valence-corrected chi connectivity index (χ0v) is 10.1. The maximum absolute atomic E-state index is 13.1. The van der Waals surface area contributed by atoms with E-state index in [0.29, 0.717) is 5.92 Å². The minimum Gasteiger partial charge on any atom is -0.314 e. The Morgan fingerprint density at radius 1 is 1.44 bits per heavy atom. The monoisotopic (exact) mass is 221 g/mol. The molecule has 0 amide bonds. The van der Waals surface area contributed by atoms with Crippen molar-refractivity contribution in [2.75, 3.05) is 6.54 Å². The Bertz CT molecular complexity index is 358. The van der Waals surface area contributed by atoms with Gasteiger partial charge < -0.3 is 5.32 Å². The third-order valence-electron chi connectivity index (χ3n) is 3.14. The van der Waals surface area contributed by atoms with Crippen molar-refractivity contribution in [2.24, 2.45) is 5.92 Å². The molecule has 1 aliphatic rings. The van der Waals surface area contributed by atoms with Gasteiger partial charge in [0.1, 0.15) is 5.82 Å². The summed E-state index contributed by atoms with van der Waals surface area (Å²) in [5.41, 5.74) is 1.99. The molecule has 1 aliphatic carbocycles. The maximum atomic E-state index is 13.1. The molecule has 1 nitrogen and oxygen atoms in total. The second-order valence-electron chi connectivity index (χ2n) is 5.08. The molecule has 0 aromatic heterocycles. The van der Waals surface area contributed by atoms with Gasteiger partial charge in [0.2, 0.25) is 0 Å². The molecule has 1 N–H and O–H groups in total. The Morgan fingerprint density at radius 2 is 2.19 bits per heavy atom. The highest BCUT2D eigenvalue weighted by Gasteiger charge is 2.20. The van der Waals surface area contributed by atoms with E-state index in [4.69, 9.17) is 0 Å². The van der Waals surface area contributed by atoms with E-state index in [1.807, 2.05) is 19.1 Å². The van der Waals surface area contributed by atoms with Crippen molar-refractivity contribution in [3.05, 3.63) is 35.1 Å². The predicted molar refractivity (Wildman–Crippen MR) is 65.0 cm³/mol. The van der Waals surface area contributed by atoms with Gasteiger partial charge in [0.05, 0.1) is 0 Å². The maximum Gasteiger partial charge on any atom is 0.126 e. The van der Waals surface area contributed by atoms with E-state index in [0.717, 1.165) is 24.6 Å². The first-order chi connectivity index (χ1) is 7.65. The standard InChI is InChI=1S/C14H20FN/c1-10(9-16-13-4-5-13)7-12-3-6-14(15)11(2)8-12/h3,6,8,10,13,16H,4-5,7,9H2,1-2H3. The average molecular weight is 221 g/mol. The zero-order valence-electron chi connectivity index (χ0n) is 10.1. The van der Waals surface area contributed by atoms with E-state index in [1.54, 1.807) is 6.07 Å². The van der Waals surface area contributed by atoms with Gasteiger partial charge in [0.25, 0.3) is 0 Å². The van der Waals surface area contributed by atoms with E-state index in [-0.39, 0.29) is 5.82 Å². The third-order valence-corrected chi connectivity index (χ3v) is 3.14. The highest BCUT2D eigenvalue weighted by Crippen LogP contribution is 2.19. The molecule has 0 spiro atoms. The Labute approximate surface area is 97.1 Å². The van der Waals surface area contributed by atoms with Gasteiger partial charge in [-0.05, 0) is 55.8 Å². The minimum absolute atomic E-state index is 0.104. The Morgan fingerprint density at radius 3 is 2.81 bits per heavy atom. The molecular formula is C14H20FN. The van der Waals surface area contributed by atoms with Crippen LogP contribution in [0.3, 0.4) is 0 Å². The van der Waals surface area contributed by atoms with E-state index >= 15 is 0 Å². The zero-order chi connectivity index (χ0) is 11.5. The van der Waals surface area contributed by atoms with Crippen LogP contribution in [0.15, 0.2) is 18.2 Å². The summed E-state index contributed by atoms with van der Waals surface area (Å²) in [6, 6.07) is 6.21. The summed E-state index contributed by atoms with van der Waals surface area (Å²) in [5.74, 6) is 0.512. The lowest BCUT2D eigenvalue weighted by Crippen LogP contribution is -2.24. The quantitative estimate of drug-likeness (QED) is 0.805. The van der Waals surface area contributed by atoms with Crippen LogP contribution < -0.4 is 5.32 Å². The molecule has 0 aliphatic heterocycles. The van der Waals surface area contributed by atoms with Crippen molar-refractivity contribution in [3.63, 3.8) is 0 Å². The van der Waals surface area contributed by atoms with Crippen molar-refractivity contribution < 1.29 is 4.39 Å². The lowest BCUT2D eigenvalue weighted by molar-refractivity contribution is 0.508. The number of benzene rings is 1. The molecule has 1 unspecified atom stereocenters. The highest BCUT2D eigenvalue weighted by atomic mass is 19.1. The molecular weight excluding hydrogens is 201 g/mol. The van der Waals surface area contributed by atoms with Gasteiger partial charge in [-0.15, -0.1) is 0 Å². The smallest absolute Gasteiger partial charge is 0.126 e. The Kier molecular flexibility index (Phi) is 3.59. The first kappa shape index (κ1) is 11.6.